The molecular weight excluding hydrogens is 352 g/mol. The smallest absolute Gasteiger partial charge is 0.336 e. The number of amides is 1. The maximum atomic E-state index is 13.4. The molecule has 0 bridgehead atoms. The lowest BCUT2D eigenvalue weighted by Gasteiger charge is -2.27. The fraction of sp³-hybridized carbons (Fsp3) is 0.391. The zero-order valence-corrected chi connectivity index (χ0v) is 16.1. The van der Waals surface area contributed by atoms with E-state index in [1.165, 1.54) is 6.42 Å². The number of carboxylic acid groups (broad SMARTS) is 1. The largest absolute Gasteiger partial charge is 0.478 e. The third kappa shape index (κ3) is 3.15. The van der Waals surface area contributed by atoms with Gasteiger partial charge in [-0.2, -0.15) is 0 Å². The van der Waals surface area contributed by atoms with Crippen molar-refractivity contribution in [2.24, 2.45) is 0 Å². The van der Waals surface area contributed by atoms with E-state index in [9.17, 15) is 14.7 Å². The summed E-state index contributed by atoms with van der Waals surface area (Å²) in [5, 5.41) is 15.2. The summed E-state index contributed by atoms with van der Waals surface area (Å²) in [6.45, 7) is 1.93. The number of aliphatic carboxylic acids is 1. The first-order valence-electron chi connectivity index (χ1n) is 10.2. The maximum Gasteiger partial charge on any atom is 0.336 e. The number of carbonyl (C=O) groups is 2. The molecule has 1 heterocycles. The van der Waals surface area contributed by atoms with Gasteiger partial charge in [-0.15, -0.1) is 0 Å². The van der Waals surface area contributed by atoms with Crippen molar-refractivity contribution in [1.29, 1.82) is 0 Å². The molecule has 0 radical (unpaired) electrons. The number of fused-ring (bicyclic) bond motifs is 1. The van der Waals surface area contributed by atoms with E-state index in [0.717, 1.165) is 42.1 Å². The summed E-state index contributed by atoms with van der Waals surface area (Å²) in [5.41, 5.74) is 1.25. The minimum absolute atomic E-state index is 0.173. The molecule has 1 saturated carbocycles. The monoisotopic (exact) mass is 378 g/mol. The summed E-state index contributed by atoms with van der Waals surface area (Å²) in [7, 11) is 0. The minimum Gasteiger partial charge on any atom is -0.478 e. The van der Waals surface area contributed by atoms with Crippen molar-refractivity contribution in [3.63, 3.8) is 0 Å². The van der Waals surface area contributed by atoms with E-state index in [1.54, 1.807) is 4.90 Å². The Hall–Kier alpha value is -2.82. The molecule has 0 spiro atoms. The number of anilines is 1. The van der Waals surface area contributed by atoms with Crippen LogP contribution in [0.1, 0.15) is 45.4 Å². The van der Waals surface area contributed by atoms with Gasteiger partial charge in [0.25, 0.3) is 5.91 Å². The van der Waals surface area contributed by atoms with Gasteiger partial charge in [0, 0.05) is 11.4 Å². The Morgan fingerprint density at radius 1 is 1.11 bits per heavy atom. The molecule has 28 heavy (non-hydrogen) atoms. The van der Waals surface area contributed by atoms with Crippen molar-refractivity contribution in [2.45, 2.75) is 57.5 Å². The van der Waals surface area contributed by atoms with Gasteiger partial charge < -0.3 is 10.4 Å². The van der Waals surface area contributed by atoms with E-state index in [2.05, 4.69) is 5.32 Å². The molecule has 1 fully saturated rings. The molecule has 5 heteroatoms. The van der Waals surface area contributed by atoms with Gasteiger partial charge in [0.05, 0.1) is 17.3 Å². The molecular formula is C23H26N2O3. The molecule has 1 aliphatic heterocycles. The van der Waals surface area contributed by atoms with E-state index in [-0.39, 0.29) is 23.2 Å². The molecule has 1 atom stereocenters. The third-order valence-corrected chi connectivity index (χ3v) is 5.94. The SMILES string of the molecule is CCC1C(C(=O)O)=C(NC2CCCCC2)C(=O)N1c1cccc2ccccc12. The molecule has 2 aromatic rings. The zero-order valence-electron chi connectivity index (χ0n) is 16.1. The Morgan fingerprint density at radius 2 is 1.82 bits per heavy atom. The van der Waals surface area contributed by atoms with Crippen LogP contribution in [0.15, 0.2) is 53.7 Å². The molecule has 1 unspecified atom stereocenters. The van der Waals surface area contributed by atoms with Crippen molar-refractivity contribution in [3.05, 3.63) is 53.7 Å². The van der Waals surface area contributed by atoms with Crippen molar-refractivity contribution >= 4 is 28.3 Å². The maximum absolute atomic E-state index is 13.4. The zero-order chi connectivity index (χ0) is 19.7. The fourth-order valence-electron chi connectivity index (χ4n) is 4.60. The highest BCUT2D eigenvalue weighted by Gasteiger charge is 2.43. The molecule has 5 nitrogen and oxygen atoms in total. The fourth-order valence-corrected chi connectivity index (χ4v) is 4.60. The summed E-state index contributed by atoms with van der Waals surface area (Å²) in [5.74, 6) is -1.24. The summed E-state index contributed by atoms with van der Waals surface area (Å²) < 4.78 is 0. The highest BCUT2D eigenvalue weighted by atomic mass is 16.4. The predicted octanol–water partition coefficient (Wildman–Crippen LogP) is 4.23. The summed E-state index contributed by atoms with van der Waals surface area (Å²) in [6, 6.07) is 13.4. The number of hydrogen-bond acceptors (Lipinski definition) is 3. The third-order valence-electron chi connectivity index (χ3n) is 5.94. The van der Waals surface area contributed by atoms with Crippen LogP contribution in [-0.4, -0.2) is 29.1 Å². The molecule has 146 valence electrons. The molecule has 1 aliphatic carbocycles. The Bertz CT molecular complexity index is 939. The molecule has 1 amide bonds. The van der Waals surface area contributed by atoms with E-state index in [4.69, 9.17) is 0 Å². The predicted molar refractivity (Wildman–Crippen MR) is 110 cm³/mol. The topological polar surface area (TPSA) is 69.6 Å². The Balaban J connectivity index is 1.77. The first kappa shape index (κ1) is 18.5. The summed E-state index contributed by atoms with van der Waals surface area (Å²) >= 11 is 0. The lowest BCUT2D eigenvalue weighted by atomic mass is 9.95. The number of nitrogens with zero attached hydrogens (tertiary/aromatic N) is 1. The van der Waals surface area contributed by atoms with Gasteiger partial charge in [-0.05, 0) is 30.7 Å². The van der Waals surface area contributed by atoms with Gasteiger partial charge in [-0.3, -0.25) is 9.69 Å². The second-order valence-corrected chi connectivity index (χ2v) is 7.67. The second-order valence-electron chi connectivity index (χ2n) is 7.67. The number of carboxylic acids is 1. The molecule has 0 saturated heterocycles. The number of rotatable bonds is 5. The van der Waals surface area contributed by atoms with E-state index < -0.39 is 12.0 Å². The van der Waals surface area contributed by atoms with Gasteiger partial charge >= 0.3 is 5.97 Å². The molecule has 2 N–H and O–H groups in total. The van der Waals surface area contributed by atoms with Crippen LogP contribution < -0.4 is 10.2 Å². The van der Waals surface area contributed by atoms with Crippen molar-refractivity contribution in [1.82, 2.24) is 5.32 Å². The average Bonchev–Trinajstić information content (AvgIpc) is 3.00. The van der Waals surface area contributed by atoms with Crippen molar-refractivity contribution in [3.8, 4) is 0 Å². The molecule has 2 aliphatic rings. The Kier molecular flexibility index (Phi) is 5.07. The molecule has 4 rings (SSSR count). The first-order chi connectivity index (χ1) is 13.6. The standard InChI is InChI=1S/C23H26N2O3/c1-2-18-20(23(27)28)21(24-16-11-4-3-5-12-16)22(26)25(18)19-14-8-10-15-9-6-7-13-17(15)19/h6-10,13-14,16,18,24H,2-5,11-12H2,1H3,(H,27,28). The van der Waals surface area contributed by atoms with Crippen molar-refractivity contribution < 1.29 is 14.7 Å². The minimum atomic E-state index is -1.01. The van der Waals surface area contributed by atoms with E-state index in [0.29, 0.717) is 6.42 Å². The van der Waals surface area contributed by atoms with E-state index in [1.807, 2.05) is 49.4 Å². The van der Waals surface area contributed by atoms with Gasteiger partial charge in [-0.25, -0.2) is 4.79 Å². The normalized spacial score (nSPS) is 20.8. The summed E-state index contributed by atoms with van der Waals surface area (Å²) in [6.07, 6.45) is 5.95. The first-order valence-corrected chi connectivity index (χ1v) is 10.2. The number of hydrogen-bond donors (Lipinski definition) is 2. The van der Waals surface area contributed by atoms with Gasteiger partial charge in [0.15, 0.2) is 0 Å². The van der Waals surface area contributed by atoms with Crippen LogP contribution in [0, 0.1) is 0 Å². The van der Waals surface area contributed by atoms with Gasteiger partial charge in [-0.1, -0.05) is 62.6 Å². The van der Waals surface area contributed by atoms with Crippen LogP contribution in [0.25, 0.3) is 10.8 Å². The Labute approximate surface area is 165 Å². The van der Waals surface area contributed by atoms with Gasteiger partial charge in [0.1, 0.15) is 5.70 Å². The van der Waals surface area contributed by atoms with Crippen LogP contribution in [0.3, 0.4) is 0 Å². The van der Waals surface area contributed by atoms with Crippen LogP contribution in [-0.2, 0) is 9.59 Å². The van der Waals surface area contributed by atoms with Crippen LogP contribution in [0.5, 0.6) is 0 Å². The lowest BCUT2D eigenvalue weighted by molar-refractivity contribution is -0.133. The van der Waals surface area contributed by atoms with Crippen molar-refractivity contribution in [2.75, 3.05) is 4.90 Å². The molecule has 0 aromatic heterocycles. The highest BCUT2D eigenvalue weighted by Crippen LogP contribution is 2.37. The quantitative estimate of drug-likeness (QED) is 0.817. The highest BCUT2D eigenvalue weighted by molar-refractivity contribution is 6.18. The number of benzene rings is 2. The van der Waals surface area contributed by atoms with E-state index >= 15 is 0 Å². The number of carbonyl (C=O) groups excluding carboxylic acids is 1. The molecule has 2 aromatic carbocycles. The Morgan fingerprint density at radius 3 is 2.54 bits per heavy atom. The van der Waals surface area contributed by atoms with Gasteiger partial charge in [0.2, 0.25) is 0 Å². The van der Waals surface area contributed by atoms with Crippen LogP contribution in [0.2, 0.25) is 0 Å². The average molecular weight is 378 g/mol. The lowest BCUT2D eigenvalue weighted by Crippen LogP contribution is -2.39. The van der Waals surface area contributed by atoms with Crippen LogP contribution >= 0.6 is 0 Å². The summed E-state index contributed by atoms with van der Waals surface area (Å²) in [4.78, 5) is 27.3. The number of nitrogens with one attached hydrogen (secondary N) is 1. The second kappa shape index (κ2) is 7.66. The van der Waals surface area contributed by atoms with Crippen LogP contribution in [0.4, 0.5) is 5.69 Å².